The van der Waals surface area contributed by atoms with E-state index in [2.05, 4.69) is 10.3 Å². The van der Waals surface area contributed by atoms with Crippen LogP contribution in [0.1, 0.15) is 5.69 Å². The third-order valence-corrected chi connectivity index (χ3v) is 3.00. The van der Waals surface area contributed by atoms with Gasteiger partial charge in [-0.05, 0) is 19.2 Å². The number of halogens is 2. The highest BCUT2D eigenvalue weighted by Crippen LogP contribution is 2.26. The molecule has 0 aliphatic rings. The molecule has 0 amide bonds. The highest BCUT2D eigenvalue weighted by atomic mass is 32.1. The summed E-state index contributed by atoms with van der Waals surface area (Å²) in [6.45, 7) is 0.638. The van der Waals surface area contributed by atoms with Crippen molar-refractivity contribution in [1.82, 2.24) is 10.3 Å². The molecule has 16 heavy (non-hydrogen) atoms. The molecule has 0 unspecified atom stereocenters. The lowest BCUT2D eigenvalue weighted by Gasteiger charge is -1.98. The fourth-order valence-corrected chi connectivity index (χ4v) is 2.20. The van der Waals surface area contributed by atoms with E-state index in [0.717, 1.165) is 11.8 Å². The van der Waals surface area contributed by atoms with Crippen LogP contribution in [0, 0.1) is 11.6 Å². The summed E-state index contributed by atoms with van der Waals surface area (Å²) in [7, 11) is 1.82. The molecule has 1 aromatic carbocycles. The predicted octanol–water partition coefficient (Wildman–Crippen LogP) is 2.81. The number of thiazole rings is 1. The van der Waals surface area contributed by atoms with E-state index in [1.54, 1.807) is 0 Å². The second kappa shape index (κ2) is 4.67. The van der Waals surface area contributed by atoms with Crippen molar-refractivity contribution >= 4 is 11.3 Å². The van der Waals surface area contributed by atoms with Gasteiger partial charge in [-0.25, -0.2) is 13.8 Å². The number of rotatable bonds is 3. The van der Waals surface area contributed by atoms with Crippen LogP contribution in [0.5, 0.6) is 0 Å². The van der Waals surface area contributed by atoms with E-state index in [1.807, 2.05) is 12.4 Å². The molecular weight excluding hydrogens is 230 g/mol. The Morgan fingerprint density at radius 3 is 2.88 bits per heavy atom. The minimum absolute atomic E-state index is 0.341. The molecule has 0 aliphatic carbocycles. The average Bonchev–Trinajstić information content (AvgIpc) is 2.67. The number of benzene rings is 1. The third kappa shape index (κ3) is 2.25. The number of aromatic nitrogens is 1. The fourth-order valence-electron chi connectivity index (χ4n) is 1.36. The van der Waals surface area contributed by atoms with Crippen LogP contribution in [0.4, 0.5) is 8.78 Å². The van der Waals surface area contributed by atoms with Gasteiger partial charge >= 0.3 is 0 Å². The Morgan fingerprint density at radius 1 is 1.38 bits per heavy atom. The maximum atomic E-state index is 13.4. The maximum Gasteiger partial charge on any atom is 0.136 e. The summed E-state index contributed by atoms with van der Waals surface area (Å²) in [6, 6.07) is 3.51. The first kappa shape index (κ1) is 11.2. The van der Waals surface area contributed by atoms with E-state index in [0.29, 0.717) is 17.1 Å². The van der Waals surface area contributed by atoms with Gasteiger partial charge in [0.25, 0.3) is 0 Å². The zero-order valence-corrected chi connectivity index (χ0v) is 9.44. The SMILES string of the molecule is CNCc1csc(-c2ccc(F)cc2F)n1. The van der Waals surface area contributed by atoms with E-state index < -0.39 is 11.6 Å². The topological polar surface area (TPSA) is 24.9 Å². The van der Waals surface area contributed by atoms with Crippen LogP contribution < -0.4 is 5.32 Å². The van der Waals surface area contributed by atoms with Gasteiger partial charge in [0.15, 0.2) is 0 Å². The highest BCUT2D eigenvalue weighted by Gasteiger charge is 2.10. The van der Waals surface area contributed by atoms with Crippen molar-refractivity contribution in [3.05, 3.63) is 40.9 Å². The van der Waals surface area contributed by atoms with Gasteiger partial charge in [-0.1, -0.05) is 0 Å². The summed E-state index contributed by atoms with van der Waals surface area (Å²) >= 11 is 1.35. The molecular formula is C11H10F2N2S. The molecule has 1 aromatic heterocycles. The molecule has 5 heteroatoms. The Labute approximate surface area is 96.0 Å². The molecule has 0 bridgehead atoms. The molecule has 0 spiro atoms. The fraction of sp³-hybridized carbons (Fsp3) is 0.182. The smallest absolute Gasteiger partial charge is 0.136 e. The third-order valence-electron chi connectivity index (χ3n) is 2.07. The number of nitrogens with zero attached hydrogens (tertiary/aromatic N) is 1. The van der Waals surface area contributed by atoms with Crippen LogP contribution in [0.3, 0.4) is 0 Å². The molecule has 2 nitrogen and oxygen atoms in total. The number of hydrogen-bond acceptors (Lipinski definition) is 3. The van der Waals surface area contributed by atoms with Crippen LogP contribution in [-0.2, 0) is 6.54 Å². The lowest BCUT2D eigenvalue weighted by atomic mass is 10.2. The molecule has 2 rings (SSSR count). The quantitative estimate of drug-likeness (QED) is 0.892. The summed E-state index contributed by atoms with van der Waals surface area (Å²) in [6.07, 6.45) is 0. The van der Waals surface area contributed by atoms with Gasteiger partial charge in [0.05, 0.1) is 5.69 Å². The molecule has 0 radical (unpaired) electrons. The zero-order chi connectivity index (χ0) is 11.5. The van der Waals surface area contributed by atoms with Crippen LogP contribution in [0.15, 0.2) is 23.6 Å². The molecule has 0 saturated heterocycles. The van der Waals surface area contributed by atoms with Gasteiger partial charge in [-0.2, -0.15) is 0 Å². The summed E-state index contributed by atoms with van der Waals surface area (Å²) < 4.78 is 26.2. The van der Waals surface area contributed by atoms with Gasteiger partial charge in [0.1, 0.15) is 16.6 Å². The van der Waals surface area contributed by atoms with Crippen molar-refractivity contribution in [2.75, 3.05) is 7.05 Å². The lowest BCUT2D eigenvalue weighted by molar-refractivity contribution is 0.585. The monoisotopic (exact) mass is 240 g/mol. The van der Waals surface area contributed by atoms with Gasteiger partial charge in [-0.3, -0.25) is 0 Å². The Morgan fingerprint density at radius 2 is 2.19 bits per heavy atom. The van der Waals surface area contributed by atoms with Crippen LogP contribution in [0.25, 0.3) is 10.6 Å². The van der Waals surface area contributed by atoms with Gasteiger partial charge in [0, 0.05) is 23.6 Å². The van der Waals surface area contributed by atoms with Gasteiger partial charge in [-0.15, -0.1) is 11.3 Å². The second-order valence-corrected chi connectivity index (χ2v) is 4.16. The van der Waals surface area contributed by atoms with Crippen molar-refractivity contribution in [1.29, 1.82) is 0 Å². The van der Waals surface area contributed by atoms with Crippen molar-refractivity contribution in [3.63, 3.8) is 0 Å². The molecule has 0 aliphatic heterocycles. The Bertz CT molecular complexity index is 496. The molecule has 1 heterocycles. The largest absolute Gasteiger partial charge is 0.314 e. The number of nitrogens with one attached hydrogen (secondary N) is 1. The first-order chi connectivity index (χ1) is 7.70. The maximum absolute atomic E-state index is 13.4. The van der Waals surface area contributed by atoms with Crippen LogP contribution >= 0.6 is 11.3 Å². The summed E-state index contributed by atoms with van der Waals surface area (Å²) in [5, 5.41) is 5.39. The predicted molar refractivity (Wildman–Crippen MR) is 60.2 cm³/mol. The summed E-state index contributed by atoms with van der Waals surface area (Å²) in [4.78, 5) is 4.25. The van der Waals surface area contributed by atoms with Gasteiger partial charge < -0.3 is 5.32 Å². The average molecular weight is 240 g/mol. The van der Waals surface area contributed by atoms with Crippen molar-refractivity contribution in [3.8, 4) is 10.6 Å². The van der Waals surface area contributed by atoms with E-state index in [4.69, 9.17) is 0 Å². The zero-order valence-electron chi connectivity index (χ0n) is 8.63. The van der Waals surface area contributed by atoms with Crippen molar-refractivity contribution in [2.24, 2.45) is 0 Å². The minimum atomic E-state index is -0.578. The molecule has 1 N–H and O–H groups in total. The first-order valence-corrected chi connectivity index (χ1v) is 5.63. The van der Waals surface area contributed by atoms with Crippen molar-refractivity contribution < 1.29 is 8.78 Å². The lowest BCUT2D eigenvalue weighted by Crippen LogP contribution is -2.04. The molecule has 84 valence electrons. The minimum Gasteiger partial charge on any atom is -0.314 e. The molecule has 0 atom stereocenters. The van der Waals surface area contributed by atoms with Crippen LogP contribution in [-0.4, -0.2) is 12.0 Å². The second-order valence-electron chi connectivity index (χ2n) is 3.30. The highest BCUT2D eigenvalue weighted by molar-refractivity contribution is 7.13. The van der Waals surface area contributed by atoms with E-state index in [9.17, 15) is 8.78 Å². The number of hydrogen-bond donors (Lipinski definition) is 1. The summed E-state index contributed by atoms with van der Waals surface area (Å²) in [5.74, 6) is -1.15. The Kier molecular flexibility index (Phi) is 3.26. The summed E-state index contributed by atoms with van der Waals surface area (Å²) in [5.41, 5.74) is 1.19. The molecule has 0 fully saturated rings. The molecule has 0 saturated carbocycles. The molecule has 2 aromatic rings. The Hall–Kier alpha value is -1.33. The first-order valence-electron chi connectivity index (χ1n) is 4.75. The van der Waals surface area contributed by atoms with Crippen molar-refractivity contribution in [2.45, 2.75) is 6.54 Å². The standard InChI is InChI=1S/C11H10F2N2S/c1-14-5-8-6-16-11(15-8)9-3-2-7(12)4-10(9)13/h2-4,6,14H,5H2,1H3. The van der Waals surface area contributed by atoms with Gasteiger partial charge in [0.2, 0.25) is 0 Å². The van der Waals surface area contributed by atoms with E-state index in [-0.39, 0.29) is 0 Å². The normalized spacial score (nSPS) is 10.7. The van der Waals surface area contributed by atoms with Crippen LogP contribution in [0.2, 0.25) is 0 Å². The van der Waals surface area contributed by atoms with E-state index in [1.165, 1.54) is 23.5 Å². The Balaban J connectivity index is 2.35. The van der Waals surface area contributed by atoms with E-state index >= 15 is 0 Å².